The normalized spacial score (nSPS) is 21.0. The summed E-state index contributed by atoms with van der Waals surface area (Å²) in [6.45, 7) is 7.09. The van der Waals surface area contributed by atoms with Crippen molar-refractivity contribution in [3.8, 4) is 0 Å². The van der Waals surface area contributed by atoms with Crippen LogP contribution < -0.4 is 0 Å². The summed E-state index contributed by atoms with van der Waals surface area (Å²) in [6.07, 6.45) is 3.14. The highest BCUT2D eigenvalue weighted by Crippen LogP contribution is 2.18. The summed E-state index contributed by atoms with van der Waals surface area (Å²) in [5.41, 5.74) is 0. The number of amides is 1. The van der Waals surface area contributed by atoms with Crippen LogP contribution in [0.3, 0.4) is 0 Å². The lowest BCUT2D eigenvalue weighted by Gasteiger charge is -2.38. The summed E-state index contributed by atoms with van der Waals surface area (Å²) in [4.78, 5) is 26.2. The molecule has 18 heavy (non-hydrogen) atoms. The van der Waals surface area contributed by atoms with Gasteiger partial charge in [0.2, 0.25) is 5.91 Å². The van der Waals surface area contributed by atoms with Crippen molar-refractivity contribution in [2.75, 3.05) is 19.6 Å². The molecule has 0 aromatic rings. The molecule has 104 valence electrons. The molecule has 0 saturated carbocycles. The minimum atomic E-state index is -0.791. The highest BCUT2D eigenvalue weighted by Gasteiger charge is 2.27. The van der Waals surface area contributed by atoms with Gasteiger partial charge >= 0.3 is 5.97 Å². The van der Waals surface area contributed by atoms with Crippen molar-refractivity contribution in [3.05, 3.63) is 0 Å². The van der Waals surface area contributed by atoms with Gasteiger partial charge in [0.15, 0.2) is 0 Å². The number of rotatable bonds is 5. The van der Waals surface area contributed by atoms with E-state index < -0.39 is 5.97 Å². The fourth-order valence-corrected chi connectivity index (χ4v) is 2.58. The average molecular weight is 256 g/mol. The molecule has 1 fully saturated rings. The molecule has 0 aromatic heterocycles. The van der Waals surface area contributed by atoms with Gasteiger partial charge in [-0.05, 0) is 33.2 Å². The fraction of sp³-hybridized carbons (Fsp3) is 0.846. The van der Waals surface area contributed by atoms with Gasteiger partial charge in [0.25, 0.3) is 0 Å². The Morgan fingerprint density at radius 3 is 2.56 bits per heavy atom. The minimum absolute atomic E-state index is 0.0610. The maximum atomic E-state index is 11.6. The molecule has 0 unspecified atom stereocenters. The van der Waals surface area contributed by atoms with Crippen molar-refractivity contribution in [2.24, 2.45) is 0 Å². The lowest BCUT2D eigenvalue weighted by molar-refractivity contribution is -0.139. The van der Waals surface area contributed by atoms with Gasteiger partial charge in [0.05, 0.1) is 6.54 Å². The smallest absolute Gasteiger partial charge is 0.317 e. The lowest BCUT2D eigenvalue weighted by atomic mass is 10.0. The van der Waals surface area contributed by atoms with Crippen molar-refractivity contribution in [1.82, 2.24) is 9.80 Å². The van der Waals surface area contributed by atoms with E-state index in [9.17, 15) is 9.59 Å². The number of likely N-dealkylation sites (tertiary alicyclic amines) is 1. The van der Waals surface area contributed by atoms with Gasteiger partial charge in [-0.25, -0.2) is 0 Å². The quantitative estimate of drug-likeness (QED) is 0.802. The van der Waals surface area contributed by atoms with Gasteiger partial charge in [0.1, 0.15) is 0 Å². The van der Waals surface area contributed by atoms with Crippen LogP contribution in [0, 0.1) is 0 Å². The Bertz CT molecular complexity index is 305. The topological polar surface area (TPSA) is 60.9 Å². The highest BCUT2D eigenvalue weighted by molar-refractivity contribution is 5.73. The van der Waals surface area contributed by atoms with Gasteiger partial charge in [-0.1, -0.05) is 6.42 Å². The molecule has 5 nitrogen and oxygen atoms in total. The number of nitrogens with zero attached hydrogens (tertiary/aromatic N) is 2. The molecule has 0 radical (unpaired) electrons. The molecule has 1 aliphatic rings. The molecule has 1 rings (SSSR count). The molecule has 1 atom stereocenters. The van der Waals surface area contributed by atoms with Crippen LogP contribution >= 0.6 is 0 Å². The Balaban J connectivity index is 2.65. The minimum Gasteiger partial charge on any atom is -0.480 e. The number of aliphatic carboxylic acids is 1. The number of hydrogen-bond donors (Lipinski definition) is 1. The maximum Gasteiger partial charge on any atom is 0.317 e. The zero-order valence-electron chi connectivity index (χ0n) is 11.6. The van der Waals surface area contributed by atoms with Crippen LogP contribution in [0.4, 0.5) is 0 Å². The second-order valence-electron chi connectivity index (χ2n) is 5.28. The summed E-state index contributed by atoms with van der Waals surface area (Å²) < 4.78 is 0. The van der Waals surface area contributed by atoms with E-state index >= 15 is 0 Å². The standard InChI is InChI=1S/C13H24N2O3/c1-10(2)15(11(3)16)8-12-6-4-5-7-14(12)9-13(17)18/h10,12H,4-9H2,1-3H3,(H,17,18)/t12-/m1/s1. The fourth-order valence-electron chi connectivity index (χ4n) is 2.58. The first-order valence-corrected chi connectivity index (χ1v) is 6.65. The van der Waals surface area contributed by atoms with Crippen molar-refractivity contribution in [3.63, 3.8) is 0 Å². The van der Waals surface area contributed by atoms with Gasteiger partial charge in [-0.2, -0.15) is 0 Å². The van der Waals surface area contributed by atoms with Crippen molar-refractivity contribution in [2.45, 2.75) is 52.1 Å². The highest BCUT2D eigenvalue weighted by atomic mass is 16.4. The third kappa shape index (κ3) is 4.29. The third-order valence-electron chi connectivity index (χ3n) is 3.52. The van der Waals surface area contributed by atoms with Crippen LogP contribution in [-0.4, -0.2) is 58.5 Å². The second-order valence-corrected chi connectivity index (χ2v) is 5.28. The predicted molar refractivity (Wildman–Crippen MR) is 69.4 cm³/mol. The molecule has 0 spiro atoms. The average Bonchev–Trinajstić information content (AvgIpc) is 2.26. The Labute approximate surface area is 109 Å². The Morgan fingerprint density at radius 2 is 2.06 bits per heavy atom. The van der Waals surface area contributed by atoms with E-state index in [1.54, 1.807) is 6.92 Å². The van der Waals surface area contributed by atoms with Gasteiger partial charge < -0.3 is 10.0 Å². The zero-order chi connectivity index (χ0) is 13.7. The Morgan fingerprint density at radius 1 is 1.39 bits per heavy atom. The predicted octanol–water partition coefficient (Wildman–Crippen LogP) is 1.18. The van der Waals surface area contributed by atoms with Crippen molar-refractivity contribution in [1.29, 1.82) is 0 Å². The Hall–Kier alpha value is -1.10. The first kappa shape index (κ1) is 15.0. The SMILES string of the molecule is CC(=O)N(C[C@H]1CCCCN1CC(=O)O)C(C)C. The van der Waals surface area contributed by atoms with E-state index in [0.717, 1.165) is 25.8 Å². The first-order valence-electron chi connectivity index (χ1n) is 6.65. The number of carboxylic acid groups (broad SMARTS) is 1. The zero-order valence-corrected chi connectivity index (χ0v) is 11.6. The molecule has 1 amide bonds. The third-order valence-corrected chi connectivity index (χ3v) is 3.52. The van der Waals surface area contributed by atoms with Crippen LogP contribution in [0.2, 0.25) is 0 Å². The number of carbonyl (C=O) groups is 2. The number of carboxylic acids is 1. The monoisotopic (exact) mass is 256 g/mol. The number of piperidine rings is 1. The lowest BCUT2D eigenvalue weighted by Crippen LogP contribution is -2.51. The largest absolute Gasteiger partial charge is 0.480 e. The van der Waals surface area contributed by atoms with E-state index in [4.69, 9.17) is 5.11 Å². The molecule has 5 heteroatoms. The summed E-state index contributed by atoms with van der Waals surface area (Å²) in [5.74, 6) is -0.730. The maximum absolute atomic E-state index is 11.6. The molecular formula is C13H24N2O3. The summed E-state index contributed by atoms with van der Waals surface area (Å²) >= 11 is 0. The summed E-state index contributed by atoms with van der Waals surface area (Å²) in [6, 6.07) is 0.345. The van der Waals surface area contributed by atoms with Gasteiger partial charge in [0, 0.05) is 25.6 Å². The molecule has 1 heterocycles. The molecule has 0 bridgehead atoms. The molecule has 1 N–H and O–H groups in total. The summed E-state index contributed by atoms with van der Waals surface area (Å²) in [5, 5.41) is 8.91. The second kappa shape index (κ2) is 6.73. The van der Waals surface area contributed by atoms with Crippen LogP contribution in [0.1, 0.15) is 40.0 Å². The van der Waals surface area contributed by atoms with Gasteiger partial charge in [-0.3, -0.25) is 14.5 Å². The molecule has 1 saturated heterocycles. The van der Waals surface area contributed by atoms with E-state index in [1.807, 2.05) is 23.6 Å². The van der Waals surface area contributed by atoms with Crippen LogP contribution in [0.5, 0.6) is 0 Å². The summed E-state index contributed by atoms with van der Waals surface area (Å²) in [7, 11) is 0. The number of carbonyl (C=O) groups excluding carboxylic acids is 1. The Kier molecular flexibility index (Phi) is 5.59. The van der Waals surface area contributed by atoms with Crippen molar-refractivity contribution < 1.29 is 14.7 Å². The van der Waals surface area contributed by atoms with Crippen LogP contribution in [0.25, 0.3) is 0 Å². The number of hydrogen-bond acceptors (Lipinski definition) is 3. The molecule has 0 aliphatic carbocycles. The first-order chi connectivity index (χ1) is 8.41. The van der Waals surface area contributed by atoms with E-state index in [1.165, 1.54) is 0 Å². The molecular weight excluding hydrogens is 232 g/mol. The van der Waals surface area contributed by atoms with Crippen LogP contribution in [0.15, 0.2) is 0 Å². The molecule has 1 aliphatic heterocycles. The van der Waals surface area contributed by atoms with Crippen molar-refractivity contribution >= 4 is 11.9 Å². The van der Waals surface area contributed by atoms with E-state index in [2.05, 4.69) is 0 Å². The van der Waals surface area contributed by atoms with Gasteiger partial charge in [-0.15, -0.1) is 0 Å². The molecule has 0 aromatic carbocycles. The van der Waals surface area contributed by atoms with Crippen LogP contribution in [-0.2, 0) is 9.59 Å². The van der Waals surface area contributed by atoms with E-state index in [-0.39, 0.29) is 24.5 Å². The van der Waals surface area contributed by atoms with E-state index in [0.29, 0.717) is 6.54 Å².